The minimum atomic E-state index is -0.214. The van der Waals surface area contributed by atoms with Gasteiger partial charge in [-0.25, -0.2) is 0 Å². The van der Waals surface area contributed by atoms with Gasteiger partial charge in [-0.15, -0.1) is 0 Å². The Morgan fingerprint density at radius 2 is 1.81 bits per heavy atom. The molecule has 110 valence electrons. The molecule has 0 bridgehead atoms. The molecule has 2 rings (SSSR count). The predicted octanol–water partition coefficient (Wildman–Crippen LogP) is 3.63. The zero-order valence-corrected chi connectivity index (χ0v) is 12.8. The van der Waals surface area contributed by atoms with Crippen LogP contribution < -0.4 is 5.32 Å². The minimum absolute atomic E-state index is 0.214. The molecule has 0 aromatic heterocycles. The minimum Gasteiger partial charge on any atom is -0.469 e. The number of benzene rings is 2. The number of rotatable bonds is 5. The van der Waals surface area contributed by atoms with Crippen LogP contribution in [0.2, 0.25) is 0 Å². The lowest BCUT2D eigenvalue weighted by Crippen LogP contribution is -2.09. The molecule has 0 aliphatic carbocycles. The summed E-state index contributed by atoms with van der Waals surface area (Å²) in [7, 11) is 1.42. The number of ether oxygens (including phenoxy) is 1. The maximum absolute atomic E-state index is 11.5. The fourth-order valence-electron chi connectivity index (χ4n) is 2.25. The van der Waals surface area contributed by atoms with E-state index in [1.165, 1.54) is 18.2 Å². The zero-order chi connectivity index (χ0) is 15.2. The Bertz CT molecular complexity index is 635. The quantitative estimate of drug-likeness (QED) is 0.852. The molecule has 0 heterocycles. The van der Waals surface area contributed by atoms with E-state index in [0.717, 1.165) is 16.8 Å². The first-order chi connectivity index (χ1) is 10.1. The fourth-order valence-corrected chi connectivity index (χ4v) is 2.25. The highest BCUT2D eigenvalue weighted by atomic mass is 16.5. The Balaban J connectivity index is 2.13. The molecule has 21 heavy (non-hydrogen) atoms. The molecule has 0 radical (unpaired) electrons. The number of hydrogen-bond acceptors (Lipinski definition) is 3. The van der Waals surface area contributed by atoms with Gasteiger partial charge in [-0.3, -0.25) is 4.79 Å². The number of carbonyl (C=O) groups excluding carboxylic acids is 1. The third-order valence-corrected chi connectivity index (χ3v) is 3.54. The third-order valence-electron chi connectivity index (χ3n) is 3.54. The maximum Gasteiger partial charge on any atom is 0.309 e. The standard InChI is InChI=1S/C18H21NO2/c1-13-8-9-14(2)17(10-13)19-12-16-7-5-4-6-15(16)11-18(20)21-3/h4-10,19H,11-12H2,1-3H3. The van der Waals surface area contributed by atoms with Gasteiger partial charge in [-0.2, -0.15) is 0 Å². The zero-order valence-electron chi connectivity index (χ0n) is 12.8. The monoisotopic (exact) mass is 283 g/mol. The van der Waals surface area contributed by atoms with Gasteiger partial charge in [-0.1, -0.05) is 36.4 Å². The Kier molecular flexibility index (Phi) is 4.99. The lowest BCUT2D eigenvalue weighted by Gasteiger charge is -2.13. The van der Waals surface area contributed by atoms with Crippen molar-refractivity contribution in [2.75, 3.05) is 12.4 Å². The smallest absolute Gasteiger partial charge is 0.309 e. The summed E-state index contributed by atoms with van der Waals surface area (Å²) >= 11 is 0. The Morgan fingerprint density at radius 1 is 1.10 bits per heavy atom. The largest absolute Gasteiger partial charge is 0.469 e. The van der Waals surface area contributed by atoms with Gasteiger partial charge >= 0.3 is 5.97 Å². The van der Waals surface area contributed by atoms with Crippen LogP contribution in [0.3, 0.4) is 0 Å². The van der Waals surface area contributed by atoms with Crippen LogP contribution in [0.4, 0.5) is 5.69 Å². The van der Waals surface area contributed by atoms with Gasteiger partial charge in [0.1, 0.15) is 0 Å². The SMILES string of the molecule is COC(=O)Cc1ccccc1CNc1cc(C)ccc1C. The molecular formula is C18H21NO2. The second-order valence-electron chi connectivity index (χ2n) is 5.19. The molecule has 0 spiro atoms. The van der Waals surface area contributed by atoms with E-state index in [0.29, 0.717) is 13.0 Å². The van der Waals surface area contributed by atoms with Crippen molar-refractivity contribution in [1.82, 2.24) is 0 Å². The Morgan fingerprint density at radius 3 is 2.52 bits per heavy atom. The third kappa shape index (κ3) is 4.09. The normalized spacial score (nSPS) is 10.2. The summed E-state index contributed by atoms with van der Waals surface area (Å²) in [4.78, 5) is 11.5. The average Bonchev–Trinajstić information content (AvgIpc) is 2.49. The molecule has 0 unspecified atom stereocenters. The Hall–Kier alpha value is -2.29. The molecule has 0 amide bonds. The van der Waals surface area contributed by atoms with Crippen molar-refractivity contribution in [3.05, 3.63) is 64.7 Å². The lowest BCUT2D eigenvalue weighted by atomic mass is 10.0. The summed E-state index contributed by atoms with van der Waals surface area (Å²) in [6.45, 7) is 4.86. The molecule has 2 aromatic carbocycles. The van der Waals surface area contributed by atoms with E-state index in [9.17, 15) is 4.79 Å². The number of nitrogens with one attached hydrogen (secondary N) is 1. The Labute approximate surface area is 126 Å². The van der Waals surface area contributed by atoms with Gasteiger partial charge in [0, 0.05) is 12.2 Å². The predicted molar refractivity (Wildman–Crippen MR) is 85.4 cm³/mol. The van der Waals surface area contributed by atoms with E-state index >= 15 is 0 Å². The maximum atomic E-state index is 11.5. The molecule has 0 fully saturated rings. The molecular weight excluding hydrogens is 262 g/mol. The molecule has 3 nitrogen and oxygen atoms in total. The molecule has 0 aliphatic rings. The molecule has 0 aliphatic heterocycles. The van der Waals surface area contributed by atoms with Gasteiger partial charge < -0.3 is 10.1 Å². The van der Waals surface area contributed by atoms with E-state index in [-0.39, 0.29) is 5.97 Å². The van der Waals surface area contributed by atoms with Crippen LogP contribution in [0.25, 0.3) is 0 Å². The van der Waals surface area contributed by atoms with Crippen molar-refractivity contribution in [3.8, 4) is 0 Å². The number of hydrogen-bond donors (Lipinski definition) is 1. The molecule has 0 atom stereocenters. The van der Waals surface area contributed by atoms with E-state index in [1.807, 2.05) is 24.3 Å². The molecule has 1 N–H and O–H groups in total. The van der Waals surface area contributed by atoms with Gasteiger partial charge in [0.05, 0.1) is 13.5 Å². The number of methoxy groups -OCH3 is 1. The molecule has 0 saturated carbocycles. The van der Waals surface area contributed by atoms with Crippen LogP contribution in [0.1, 0.15) is 22.3 Å². The number of esters is 1. The summed E-state index contributed by atoms with van der Waals surface area (Å²) < 4.78 is 4.75. The van der Waals surface area contributed by atoms with E-state index in [2.05, 4.69) is 37.4 Å². The number of anilines is 1. The highest BCUT2D eigenvalue weighted by molar-refractivity contribution is 5.73. The highest BCUT2D eigenvalue weighted by Crippen LogP contribution is 2.18. The van der Waals surface area contributed by atoms with E-state index < -0.39 is 0 Å². The van der Waals surface area contributed by atoms with Crippen LogP contribution in [0, 0.1) is 13.8 Å². The second-order valence-corrected chi connectivity index (χ2v) is 5.19. The summed E-state index contributed by atoms with van der Waals surface area (Å²) in [5.74, 6) is -0.214. The summed E-state index contributed by atoms with van der Waals surface area (Å²) in [6, 6.07) is 14.3. The van der Waals surface area contributed by atoms with Crippen LogP contribution >= 0.6 is 0 Å². The van der Waals surface area contributed by atoms with Gasteiger partial charge in [0.25, 0.3) is 0 Å². The van der Waals surface area contributed by atoms with Gasteiger partial charge in [0.15, 0.2) is 0 Å². The van der Waals surface area contributed by atoms with Crippen LogP contribution in [-0.2, 0) is 22.5 Å². The van der Waals surface area contributed by atoms with Crippen LogP contribution in [-0.4, -0.2) is 13.1 Å². The number of carbonyl (C=O) groups is 1. The summed E-state index contributed by atoms with van der Waals surface area (Å²) in [5, 5.41) is 3.45. The fraction of sp³-hybridized carbons (Fsp3) is 0.278. The van der Waals surface area contributed by atoms with Crippen LogP contribution in [0.15, 0.2) is 42.5 Å². The molecule has 0 saturated heterocycles. The first kappa shape index (κ1) is 15.1. The first-order valence-corrected chi connectivity index (χ1v) is 7.05. The summed E-state index contributed by atoms with van der Waals surface area (Å²) in [6.07, 6.45) is 0.307. The van der Waals surface area contributed by atoms with Crippen LogP contribution in [0.5, 0.6) is 0 Å². The summed E-state index contributed by atoms with van der Waals surface area (Å²) in [5.41, 5.74) is 5.69. The van der Waals surface area contributed by atoms with E-state index in [4.69, 9.17) is 4.74 Å². The van der Waals surface area contributed by atoms with Crippen molar-refractivity contribution in [1.29, 1.82) is 0 Å². The topological polar surface area (TPSA) is 38.3 Å². The second kappa shape index (κ2) is 6.93. The highest BCUT2D eigenvalue weighted by Gasteiger charge is 2.08. The van der Waals surface area contributed by atoms with Gasteiger partial charge in [0.2, 0.25) is 0 Å². The van der Waals surface area contributed by atoms with Crippen molar-refractivity contribution in [2.24, 2.45) is 0 Å². The lowest BCUT2D eigenvalue weighted by molar-refractivity contribution is -0.139. The average molecular weight is 283 g/mol. The van der Waals surface area contributed by atoms with E-state index in [1.54, 1.807) is 0 Å². The number of aryl methyl sites for hydroxylation is 2. The van der Waals surface area contributed by atoms with Crippen molar-refractivity contribution in [2.45, 2.75) is 26.8 Å². The van der Waals surface area contributed by atoms with Gasteiger partial charge in [-0.05, 0) is 42.2 Å². The molecule has 2 aromatic rings. The van der Waals surface area contributed by atoms with Crippen molar-refractivity contribution >= 4 is 11.7 Å². The van der Waals surface area contributed by atoms with Crippen molar-refractivity contribution in [3.63, 3.8) is 0 Å². The molecule has 3 heteroatoms. The van der Waals surface area contributed by atoms with Crippen molar-refractivity contribution < 1.29 is 9.53 Å². The first-order valence-electron chi connectivity index (χ1n) is 7.05.